The fourth-order valence-corrected chi connectivity index (χ4v) is 2.34. The van der Waals surface area contributed by atoms with Crippen LogP contribution in [-0.2, 0) is 6.54 Å². The van der Waals surface area contributed by atoms with Gasteiger partial charge in [-0.25, -0.2) is 24.1 Å². The summed E-state index contributed by atoms with van der Waals surface area (Å²) in [6.07, 6.45) is 3.83. The van der Waals surface area contributed by atoms with E-state index in [1.165, 1.54) is 23.2 Å². The highest BCUT2D eigenvalue weighted by Gasteiger charge is 2.18. The van der Waals surface area contributed by atoms with Crippen LogP contribution in [-0.4, -0.2) is 30.6 Å². The number of anilines is 1. The van der Waals surface area contributed by atoms with Crippen LogP contribution in [0, 0.1) is 5.82 Å². The Morgan fingerprint density at radius 1 is 1.38 bits per heavy atom. The molecule has 8 nitrogen and oxygen atoms in total. The molecular weight excluding hydrogens is 317 g/mol. The minimum Gasteiger partial charge on any atom is -0.477 e. The van der Waals surface area contributed by atoms with Gasteiger partial charge in [-0.1, -0.05) is 0 Å². The predicted octanol–water partition coefficient (Wildman–Crippen LogP) is 1.29. The van der Waals surface area contributed by atoms with Crippen molar-refractivity contribution in [2.24, 2.45) is 0 Å². The highest BCUT2D eigenvalue weighted by Crippen LogP contribution is 2.23. The van der Waals surface area contributed by atoms with Gasteiger partial charge in [0.2, 0.25) is 11.4 Å². The van der Waals surface area contributed by atoms with Crippen molar-refractivity contribution in [1.82, 2.24) is 19.5 Å². The maximum Gasteiger partial charge on any atom is 0.341 e. The van der Waals surface area contributed by atoms with E-state index in [9.17, 15) is 14.0 Å². The van der Waals surface area contributed by atoms with Crippen molar-refractivity contribution in [2.45, 2.75) is 13.5 Å². The Kier molecular flexibility index (Phi) is 3.68. The number of hydrogen-bond donors (Lipinski definition) is 2. The lowest BCUT2D eigenvalue weighted by atomic mass is 10.1. The highest BCUT2D eigenvalue weighted by atomic mass is 19.1. The monoisotopic (exact) mass is 329 g/mol. The first-order valence-electron chi connectivity index (χ1n) is 6.97. The van der Waals surface area contributed by atoms with Gasteiger partial charge < -0.3 is 15.4 Å². The van der Waals surface area contributed by atoms with E-state index in [-0.39, 0.29) is 22.7 Å². The van der Waals surface area contributed by atoms with Gasteiger partial charge in [-0.3, -0.25) is 4.79 Å². The summed E-state index contributed by atoms with van der Waals surface area (Å²) in [5, 5.41) is 9.01. The average Bonchev–Trinajstić information content (AvgIpc) is 2.56. The van der Waals surface area contributed by atoms with E-state index in [0.29, 0.717) is 12.1 Å². The molecule has 0 aliphatic heterocycles. The second-order valence-electron chi connectivity index (χ2n) is 4.98. The molecule has 3 aromatic rings. The second kappa shape index (κ2) is 5.69. The molecule has 3 N–H and O–H groups in total. The number of carboxylic acid groups (broad SMARTS) is 1. The molecule has 3 rings (SSSR count). The summed E-state index contributed by atoms with van der Waals surface area (Å²) in [5.74, 6) is -2.12. The molecule has 0 amide bonds. The normalized spacial score (nSPS) is 10.9. The quantitative estimate of drug-likeness (QED) is 0.742. The van der Waals surface area contributed by atoms with Gasteiger partial charge in [0.05, 0.1) is 5.39 Å². The molecule has 0 aromatic carbocycles. The summed E-state index contributed by atoms with van der Waals surface area (Å²) in [5.41, 5.74) is 4.61. The molecule has 0 bridgehead atoms. The molecule has 0 atom stereocenters. The molecular formula is C15H12FN5O3. The number of fused-ring (bicyclic) bond motifs is 1. The molecule has 0 radical (unpaired) electrons. The molecule has 0 unspecified atom stereocenters. The number of nitrogen functional groups attached to an aromatic ring is 1. The third-order valence-electron chi connectivity index (χ3n) is 3.52. The van der Waals surface area contributed by atoms with Gasteiger partial charge in [0, 0.05) is 30.7 Å². The van der Waals surface area contributed by atoms with Crippen molar-refractivity contribution in [1.29, 1.82) is 0 Å². The van der Waals surface area contributed by atoms with E-state index in [4.69, 9.17) is 10.8 Å². The summed E-state index contributed by atoms with van der Waals surface area (Å²) in [4.78, 5) is 35.2. The number of aromatic nitrogens is 4. The predicted molar refractivity (Wildman–Crippen MR) is 84.0 cm³/mol. The number of rotatable bonds is 3. The number of aryl methyl sites for hydroxylation is 1. The molecule has 0 aliphatic carbocycles. The lowest BCUT2D eigenvalue weighted by Gasteiger charge is -2.11. The van der Waals surface area contributed by atoms with E-state index in [0.717, 1.165) is 6.07 Å². The summed E-state index contributed by atoms with van der Waals surface area (Å²) >= 11 is 0. The molecule has 122 valence electrons. The second-order valence-corrected chi connectivity index (χ2v) is 4.98. The van der Waals surface area contributed by atoms with Crippen LogP contribution in [0.5, 0.6) is 0 Å². The molecule has 0 fully saturated rings. The maximum absolute atomic E-state index is 14.4. The first-order valence-corrected chi connectivity index (χ1v) is 6.97. The number of nitrogens with two attached hydrogens (primary N) is 1. The van der Waals surface area contributed by atoms with E-state index in [1.807, 2.05) is 0 Å². The summed E-state index contributed by atoms with van der Waals surface area (Å²) in [6, 6.07) is 0.981. The van der Waals surface area contributed by atoms with Gasteiger partial charge in [0.15, 0.2) is 0 Å². The topological polar surface area (TPSA) is 124 Å². The minimum absolute atomic E-state index is 0.0384. The van der Waals surface area contributed by atoms with Crippen LogP contribution in [0.15, 0.2) is 29.5 Å². The fourth-order valence-electron chi connectivity index (χ4n) is 2.34. The Bertz CT molecular complexity index is 1010. The van der Waals surface area contributed by atoms with Crippen molar-refractivity contribution in [3.05, 3.63) is 46.3 Å². The maximum atomic E-state index is 14.4. The molecule has 0 spiro atoms. The summed E-state index contributed by atoms with van der Waals surface area (Å²) in [7, 11) is 0. The Balaban J connectivity index is 2.35. The van der Waals surface area contributed by atoms with Gasteiger partial charge in [-0.2, -0.15) is 0 Å². The number of nitrogens with zero attached hydrogens (tertiary/aromatic N) is 4. The van der Waals surface area contributed by atoms with E-state index in [1.54, 1.807) is 6.92 Å². The van der Waals surface area contributed by atoms with Gasteiger partial charge in [0.25, 0.3) is 0 Å². The summed E-state index contributed by atoms with van der Waals surface area (Å²) < 4.78 is 15.9. The zero-order valence-corrected chi connectivity index (χ0v) is 12.5. The van der Waals surface area contributed by atoms with E-state index >= 15 is 0 Å². The summed E-state index contributed by atoms with van der Waals surface area (Å²) in [6.45, 7) is 2.11. The Morgan fingerprint density at radius 2 is 2.04 bits per heavy atom. The lowest BCUT2D eigenvalue weighted by Crippen LogP contribution is -2.19. The van der Waals surface area contributed by atoms with Crippen molar-refractivity contribution in [3.63, 3.8) is 0 Å². The van der Waals surface area contributed by atoms with Gasteiger partial charge in [-0.15, -0.1) is 0 Å². The van der Waals surface area contributed by atoms with Crippen molar-refractivity contribution in [2.75, 3.05) is 5.73 Å². The number of aromatic carboxylic acids is 1. The van der Waals surface area contributed by atoms with E-state index < -0.39 is 22.8 Å². The first-order chi connectivity index (χ1) is 11.4. The minimum atomic E-state index is -1.37. The third-order valence-corrected chi connectivity index (χ3v) is 3.52. The van der Waals surface area contributed by atoms with Crippen LogP contribution < -0.4 is 11.2 Å². The van der Waals surface area contributed by atoms with Crippen LogP contribution in [0.1, 0.15) is 17.3 Å². The molecule has 9 heteroatoms. The largest absolute Gasteiger partial charge is 0.477 e. The van der Waals surface area contributed by atoms with Gasteiger partial charge in [0.1, 0.15) is 22.7 Å². The Labute approximate surface area is 134 Å². The smallest absolute Gasteiger partial charge is 0.341 e. The number of carbonyl (C=O) groups is 1. The van der Waals surface area contributed by atoms with Crippen LogP contribution in [0.4, 0.5) is 10.3 Å². The molecule has 24 heavy (non-hydrogen) atoms. The Hall–Kier alpha value is -3.36. The van der Waals surface area contributed by atoms with Crippen LogP contribution in [0.2, 0.25) is 0 Å². The van der Waals surface area contributed by atoms with Crippen LogP contribution in [0.25, 0.3) is 22.3 Å². The number of carboxylic acids is 1. The SMILES string of the molecule is CCn1cc(C(=O)O)c(=O)c2cc(F)c(-c3cnc(N)nc3)nc21. The number of pyridine rings is 2. The highest BCUT2D eigenvalue weighted by molar-refractivity contribution is 5.92. The van der Waals surface area contributed by atoms with Crippen LogP contribution in [0.3, 0.4) is 0 Å². The number of halogens is 1. The molecule has 0 aliphatic rings. The van der Waals surface area contributed by atoms with Crippen molar-refractivity contribution >= 4 is 23.0 Å². The zero-order valence-electron chi connectivity index (χ0n) is 12.5. The van der Waals surface area contributed by atoms with Crippen molar-refractivity contribution in [3.8, 4) is 11.3 Å². The number of hydrogen-bond acceptors (Lipinski definition) is 6. The van der Waals surface area contributed by atoms with Crippen molar-refractivity contribution < 1.29 is 14.3 Å². The van der Waals surface area contributed by atoms with Gasteiger partial charge in [-0.05, 0) is 13.0 Å². The molecule has 3 aromatic heterocycles. The van der Waals surface area contributed by atoms with Crippen LogP contribution >= 0.6 is 0 Å². The fraction of sp³-hybridized carbons (Fsp3) is 0.133. The standard InChI is InChI=1S/C15H12FN5O3/c1-2-21-6-9(14(23)24)12(22)8-3-10(16)11(20-13(8)21)7-4-18-15(17)19-5-7/h3-6H,2H2,1H3,(H,23,24)(H2,17,18,19). The molecule has 0 saturated carbocycles. The molecule has 3 heterocycles. The first kappa shape index (κ1) is 15.5. The molecule has 0 saturated heterocycles. The van der Waals surface area contributed by atoms with E-state index in [2.05, 4.69) is 15.0 Å². The zero-order chi connectivity index (χ0) is 17.4. The lowest BCUT2D eigenvalue weighted by molar-refractivity contribution is 0.0695. The van der Waals surface area contributed by atoms with Gasteiger partial charge >= 0.3 is 5.97 Å². The third kappa shape index (κ3) is 2.45. The average molecular weight is 329 g/mol. The Morgan fingerprint density at radius 3 is 2.62 bits per heavy atom.